The van der Waals surface area contributed by atoms with E-state index in [-0.39, 0.29) is 0 Å². The van der Waals surface area contributed by atoms with Gasteiger partial charge in [-0.3, -0.25) is 4.90 Å². The van der Waals surface area contributed by atoms with Gasteiger partial charge < -0.3 is 10.1 Å². The standard InChI is InChI=1S/C13H28N2O/c1-4-16-11-15-7-5-13(6-8-15)10-14-9-12(2)3/h12-14H,4-11H2,1-3H3. The number of piperidine rings is 1. The van der Waals surface area contributed by atoms with E-state index in [9.17, 15) is 0 Å². The van der Waals surface area contributed by atoms with Crippen LogP contribution in [0.5, 0.6) is 0 Å². The normalized spacial score (nSPS) is 19.5. The quantitative estimate of drug-likeness (QED) is 0.721. The summed E-state index contributed by atoms with van der Waals surface area (Å²) < 4.78 is 5.43. The first-order valence-corrected chi connectivity index (χ1v) is 6.73. The Labute approximate surface area is 101 Å². The summed E-state index contributed by atoms with van der Waals surface area (Å²) in [5.41, 5.74) is 0. The molecule has 16 heavy (non-hydrogen) atoms. The molecule has 3 heteroatoms. The Bertz CT molecular complexity index is 165. The first-order valence-electron chi connectivity index (χ1n) is 6.73. The van der Waals surface area contributed by atoms with Crippen molar-refractivity contribution in [2.45, 2.75) is 33.6 Å². The van der Waals surface area contributed by atoms with E-state index in [2.05, 4.69) is 31.0 Å². The van der Waals surface area contributed by atoms with Crippen LogP contribution in [-0.4, -0.2) is 44.4 Å². The SMILES string of the molecule is CCOCN1CCC(CNCC(C)C)CC1. The summed E-state index contributed by atoms with van der Waals surface area (Å²) in [6.45, 7) is 13.0. The molecule has 1 rings (SSSR count). The van der Waals surface area contributed by atoms with Gasteiger partial charge in [-0.25, -0.2) is 0 Å². The predicted octanol–water partition coefficient (Wildman–Crippen LogP) is 1.94. The average Bonchev–Trinajstić information content (AvgIpc) is 2.27. The fraction of sp³-hybridized carbons (Fsp3) is 1.00. The highest BCUT2D eigenvalue weighted by Gasteiger charge is 2.18. The Kier molecular flexibility index (Phi) is 7.01. The number of hydrogen-bond donors (Lipinski definition) is 1. The summed E-state index contributed by atoms with van der Waals surface area (Å²) >= 11 is 0. The molecule has 0 aromatic carbocycles. The van der Waals surface area contributed by atoms with Gasteiger partial charge in [0.15, 0.2) is 0 Å². The van der Waals surface area contributed by atoms with Gasteiger partial charge >= 0.3 is 0 Å². The molecule has 0 bridgehead atoms. The maximum atomic E-state index is 5.43. The van der Waals surface area contributed by atoms with Crippen molar-refractivity contribution in [3.8, 4) is 0 Å². The zero-order chi connectivity index (χ0) is 11.8. The molecule has 3 nitrogen and oxygen atoms in total. The molecule has 1 saturated heterocycles. The number of ether oxygens (including phenoxy) is 1. The Balaban J connectivity index is 2.03. The number of hydrogen-bond acceptors (Lipinski definition) is 3. The Morgan fingerprint density at radius 2 is 2.00 bits per heavy atom. The first kappa shape index (κ1) is 13.9. The van der Waals surface area contributed by atoms with Crippen molar-refractivity contribution in [1.82, 2.24) is 10.2 Å². The number of rotatable bonds is 7. The van der Waals surface area contributed by atoms with Crippen molar-refractivity contribution in [3.05, 3.63) is 0 Å². The van der Waals surface area contributed by atoms with Crippen LogP contribution in [0.4, 0.5) is 0 Å². The van der Waals surface area contributed by atoms with Crippen molar-refractivity contribution < 1.29 is 4.74 Å². The molecule has 0 aromatic heterocycles. The van der Waals surface area contributed by atoms with E-state index in [4.69, 9.17) is 4.74 Å². The molecule has 96 valence electrons. The van der Waals surface area contributed by atoms with Crippen LogP contribution in [0.2, 0.25) is 0 Å². The van der Waals surface area contributed by atoms with Crippen LogP contribution in [0, 0.1) is 11.8 Å². The molecular formula is C13H28N2O. The second-order valence-corrected chi connectivity index (χ2v) is 5.24. The van der Waals surface area contributed by atoms with Crippen LogP contribution in [0.3, 0.4) is 0 Å². The van der Waals surface area contributed by atoms with E-state index in [1.54, 1.807) is 0 Å². The van der Waals surface area contributed by atoms with Crippen molar-refractivity contribution >= 4 is 0 Å². The molecule has 0 radical (unpaired) electrons. The zero-order valence-electron chi connectivity index (χ0n) is 11.2. The van der Waals surface area contributed by atoms with E-state index in [0.29, 0.717) is 0 Å². The Morgan fingerprint density at radius 1 is 1.31 bits per heavy atom. The number of nitrogens with one attached hydrogen (secondary N) is 1. The summed E-state index contributed by atoms with van der Waals surface area (Å²) in [5.74, 6) is 1.63. The largest absolute Gasteiger partial charge is 0.366 e. The Hall–Kier alpha value is -0.120. The van der Waals surface area contributed by atoms with Crippen molar-refractivity contribution in [3.63, 3.8) is 0 Å². The Morgan fingerprint density at radius 3 is 2.56 bits per heavy atom. The molecular weight excluding hydrogens is 200 g/mol. The second kappa shape index (κ2) is 8.04. The smallest absolute Gasteiger partial charge is 0.0990 e. The lowest BCUT2D eigenvalue weighted by Gasteiger charge is -2.31. The lowest BCUT2D eigenvalue weighted by atomic mass is 9.97. The van der Waals surface area contributed by atoms with Crippen LogP contribution in [0.15, 0.2) is 0 Å². The van der Waals surface area contributed by atoms with Gasteiger partial charge in [-0.15, -0.1) is 0 Å². The second-order valence-electron chi connectivity index (χ2n) is 5.24. The predicted molar refractivity (Wildman–Crippen MR) is 68.5 cm³/mol. The summed E-state index contributed by atoms with van der Waals surface area (Å²) in [5, 5.41) is 3.56. The fourth-order valence-corrected chi connectivity index (χ4v) is 2.12. The molecule has 1 N–H and O–H groups in total. The molecule has 1 fully saturated rings. The molecule has 0 spiro atoms. The van der Waals surface area contributed by atoms with E-state index in [0.717, 1.165) is 31.7 Å². The third kappa shape index (κ3) is 5.83. The molecule has 0 unspecified atom stereocenters. The molecule has 0 atom stereocenters. The molecule has 0 aromatic rings. The summed E-state index contributed by atoms with van der Waals surface area (Å²) in [4.78, 5) is 2.42. The van der Waals surface area contributed by atoms with Gasteiger partial charge in [-0.2, -0.15) is 0 Å². The van der Waals surface area contributed by atoms with Gasteiger partial charge in [0.1, 0.15) is 0 Å². The minimum Gasteiger partial charge on any atom is -0.366 e. The van der Waals surface area contributed by atoms with Gasteiger partial charge in [0.2, 0.25) is 0 Å². The molecule has 0 amide bonds. The van der Waals surface area contributed by atoms with Gasteiger partial charge in [-0.1, -0.05) is 13.8 Å². The zero-order valence-corrected chi connectivity index (χ0v) is 11.2. The van der Waals surface area contributed by atoms with Crippen LogP contribution in [-0.2, 0) is 4.74 Å². The fourth-order valence-electron chi connectivity index (χ4n) is 2.12. The third-order valence-electron chi connectivity index (χ3n) is 3.17. The average molecular weight is 228 g/mol. The van der Waals surface area contributed by atoms with Crippen molar-refractivity contribution in [1.29, 1.82) is 0 Å². The van der Waals surface area contributed by atoms with Crippen molar-refractivity contribution in [2.75, 3.05) is 39.5 Å². The maximum Gasteiger partial charge on any atom is 0.0990 e. The molecule has 1 aliphatic heterocycles. The van der Waals surface area contributed by atoms with Crippen LogP contribution < -0.4 is 5.32 Å². The lowest BCUT2D eigenvalue weighted by molar-refractivity contribution is 0.0167. The first-order chi connectivity index (χ1) is 7.72. The monoisotopic (exact) mass is 228 g/mol. The molecule has 0 aliphatic carbocycles. The third-order valence-corrected chi connectivity index (χ3v) is 3.17. The van der Waals surface area contributed by atoms with Crippen LogP contribution >= 0.6 is 0 Å². The minimum atomic E-state index is 0.762. The highest BCUT2D eigenvalue weighted by molar-refractivity contribution is 4.72. The van der Waals surface area contributed by atoms with Gasteiger partial charge in [0.05, 0.1) is 6.73 Å². The van der Waals surface area contributed by atoms with E-state index < -0.39 is 0 Å². The maximum absolute atomic E-state index is 5.43. The van der Waals surface area contributed by atoms with Crippen molar-refractivity contribution in [2.24, 2.45) is 11.8 Å². The van der Waals surface area contributed by atoms with Crippen LogP contribution in [0.25, 0.3) is 0 Å². The minimum absolute atomic E-state index is 0.762. The summed E-state index contributed by atoms with van der Waals surface area (Å²) in [6.07, 6.45) is 2.64. The van der Waals surface area contributed by atoms with Gasteiger partial charge in [-0.05, 0) is 44.7 Å². The van der Waals surface area contributed by atoms with E-state index in [1.165, 1.54) is 32.5 Å². The summed E-state index contributed by atoms with van der Waals surface area (Å²) in [6, 6.07) is 0. The van der Waals surface area contributed by atoms with Crippen LogP contribution in [0.1, 0.15) is 33.6 Å². The van der Waals surface area contributed by atoms with E-state index in [1.807, 2.05) is 0 Å². The number of nitrogens with zero attached hydrogens (tertiary/aromatic N) is 1. The number of likely N-dealkylation sites (tertiary alicyclic amines) is 1. The topological polar surface area (TPSA) is 24.5 Å². The molecule has 1 aliphatic rings. The van der Waals surface area contributed by atoms with E-state index >= 15 is 0 Å². The highest BCUT2D eigenvalue weighted by atomic mass is 16.5. The van der Waals surface area contributed by atoms with Gasteiger partial charge in [0, 0.05) is 19.7 Å². The lowest BCUT2D eigenvalue weighted by Crippen LogP contribution is -2.38. The molecule has 1 heterocycles. The summed E-state index contributed by atoms with van der Waals surface area (Å²) in [7, 11) is 0. The highest BCUT2D eigenvalue weighted by Crippen LogP contribution is 2.16. The molecule has 0 saturated carbocycles. The van der Waals surface area contributed by atoms with Gasteiger partial charge in [0.25, 0.3) is 0 Å².